The molecule has 0 saturated heterocycles. The number of hydrogen-bond acceptors (Lipinski definition) is 1. The van der Waals surface area contributed by atoms with Crippen molar-refractivity contribution in [3.63, 3.8) is 0 Å². The Morgan fingerprint density at radius 2 is 1.53 bits per heavy atom. The lowest BCUT2D eigenvalue weighted by atomic mass is 10.1. The van der Waals surface area contributed by atoms with Crippen molar-refractivity contribution >= 4 is 8.32 Å². The summed E-state index contributed by atoms with van der Waals surface area (Å²) in [6.45, 7) is 7.47. The van der Waals surface area contributed by atoms with Crippen LogP contribution in [0.3, 0.4) is 0 Å². The maximum absolute atomic E-state index is 12.7. The first-order valence-electron chi connectivity index (χ1n) is 6.41. The highest BCUT2D eigenvalue weighted by Crippen LogP contribution is 2.29. The van der Waals surface area contributed by atoms with Gasteiger partial charge in [-0.1, -0.05) is 39.0 Å². The van der Waals surface area contributed by atoms with E-state index < -0.39 is 20.6 Å². The first-order valence-corrected chi connectivity index (χ1v) is 9.82. The highest BCUT2D eigenvalue weighted by atomic mass is 28.4. The van der Waals surface area contributed by atoms with Crippen LogP contribution in [-0.4, -0.2) is 20.6 Å². The van der Waals surface area contributed by atoms with Crippen molar-refractivity contribution < 1.29 is 17.6 Å². The van der Waals surface area contributed by atoms with Crippen molar-refractivity contribution in [3.05, 3.63) is 0 Å². The van der Waals surface area contributed by atoms with Crippen molar-refractivity contribution in [1.82, 2.24) is 0 Å². The molecule has 0 bridgehead atoms. The van der Waals surface area contributed by atoms with Crippen LogP contribution in [0.1, 0.15) is 45.4 Å². The van der Waals surface area contributed by atoms with E-state index in [-0.39, 0.29) is 6.42 Å². The van der Waals surface area contributed by atoms with Crippen molar-refractivity contribution in [3.8, 4) is 0 Å². The molecule has 0 aromatic heterocycles. The molecule has 0 amide bonds. The van der Waals surface area contributed by atoms with Gasteiger partial charge in [0.2, 0.25) is 0 Å². The number of unbranched alkanes of at least 4 members (excludes halogenated alkanes) is 4. The van der Waals surface area contributed by atoms with Crippen molar-refractivity contribution in [2.75, 3.05) is 0 Å². The van der Waals surface area contributed by atoms with Gasteiger partial charge in [-0.05, 0) is 26.1 Å². The molecular formula is C12H25F3OSi. The molecule has 1 unspecified atom stereocenters. The van der Waals surface area contributed by atoms with E-state index in [1.807, 2.05) is 0 Å². The Balaban J connectivity index is 4.05. The van der Waals surface area contributed by atoms with E-state index in [1.165, 1.54) is 0 Å². The zero-order valence-electron chi connectivity index (χ0n) is 11.4. The topological polar surface area (TPSA) is 9.23 Å². The molecule has 0 aromatic rings. The Kier molecular flexibility index (Phi) is 7.40. The van der Waals surface area contributed by atoms with Gasteiger partial charge in [0.05, 0.1) is 0 Å². The summed E-state index contributed by atoms with van der Waals surface area (Å²) in [5, 5.41) is 0. The normalized spacial score (nSPS) is 15.0. The van der Waals surface area contributed by atoms with Gasteiger partial charge in [-0.15, -0.1) is 0 Å². The molecule has 0 spiro atoms. The van der Waals surface area contributed by atoms with E-state index in [0.717, 1.165) is 25.7 Å². The summed E-state index contributed by atoms with van der Waals surface area (Å²) in [5.74, 6) is 0. The Hall–Kier alpha value is -0.0331. The van der Waals surface area contributed by atoms with Gasteiger partial charge in [0, 0.05) is 0 Å². The lowest BCUT2D eigenvalue weighted by Gasteiger charge is -2.28. The van der Waals surface area contributed by atoms with Gasteiger partial charge in [-0.2, -0.15) is 13.2 Å². The molecule has 0 aliphatic heterocycles. The molecule has 0 aliphatic rings. The SMILES string of the molecule is CCCCCCCC(O[Si](C)(C)C)C(F)(F)F. The highest BCUT2D eigenvalue weighted by molar-refractivity contribution is 6.69. The van der Waals surface area contributed by atoms with Crippen molar-refractivity contribution in [1.29, 1.82) is 0 Å². The Morgan fingerprint density at radius 3 is 1.94 bits per heavy atom. The van der Waals surface area contributed by atoms with Crippen LogP contribution < -0.4 is 0 Å². The molecule has 104 valence electrons. The Labute approximate surface area is 104 Å². The van der Waals surface area contributed by atoms with Crippen LogP contribution in [0.2, 0.25) is 19.6 Å². The quantitative estimate of drug-likeness (QED) is 0.439. The summed E-state index contributed by atoms with van der Waals surface area (Å²) in [6, 6.07) is 0. The van der Waals surface area contributed by atoms with E-state index in [9.17, 15) is 13.2 Å². The van der Waals surface area contributed by atoms with Crippen LogP contribution >= 0.6 is 0 Å². The van der Waals surface area contributed by atoms with E-state index in [0.29, 0.717) is 6.42 Å². The number of rotatable bonds is 8. The van der Waals surface area contributed by atoms with Gasteiger partial charge in [0.1, 0.15) is 6.10 Å². The van der Waals surface area contributed by atoms with Gasteiger partial charge in [-0.3, -0.25) is 0 Å². The van der Waals surface area contributed by atoms with Crippen molar-refractivity contribution in [2.24, 2.45) is 0 Å². The largest absolute Gasteiger partial charge is 0.413 e. The lowest BCUT2D eigenvalue weighted by Crippen LogP contribution is -2.40. The predicted octanol–water partition coefficient (Wildman–Crippen LogP) is 5.13. The van der Waals surface area contributed by atoms with Gasteiger partial charge in [0.25, 0.3) is 0 Å². The molecule has 0 N–H and O–H groups in total. The highest BCUT2D eigenvalue weighted by Gasteiger charge is 2.42. The third-order valence-corrected chi connectivity index (χ3v) is 3.42. The lowest BCUT2D eigenvalue weighted by molar-refractivity contribution is -0.199. The van der Waals surface area contributed by atoms with E-state index in [1.54, 1.807) is 19.6 Å². The molecule has 17 heavy (non-hydrogen) atoms. The standard InChI is InChI=1S/C12H25F3OSi/c1-5-6-7-8-9-10-11(12(13,14)15)16-17(2,3)4/h11H,5-10H2,1-4H3. The van der Waals surface area contributed by atoms with E-state index in [2.05, 4.69) is 6.92 Å². The van der Waals surface area contributed by atoms with Gasteiger partial charge < -0.3 is 4.43 Å². The average molecular weight is 270 g/mol. The zero-order valence-corrected chi connectivity index (χ0v) is 12.4. The third-order valence-electron chi connectivity index (χ3n) is 2.43. The fourth-order valence-electron chi connectivity index (χ4n) is 1.65. The molecule has 5 heteroatoms. The summed E-state index contributed by atoms with van der Waals surface area (Å²) < 4.78 is 43.4. The van der Waals surface area contributed by atoms with Crippen LogP contribution in [0, 0.1) is 0 Å². The zero-order chi connectivity index (χ0) is 13.5. The monoisotopic (exact) mass is 270 g/mol. The first-order chi connectivity index (χ1) is 7.67. The maximum atomic E-state index is 12.7. The van der Waals surface area contributed by atoms with Crippen LogP contribution in [0.15, 0.2) is 0 Å². The smallest absolute Gasteiger partial charge is 0.406 e. The molecule has 0 saturated carbocycles. The molecule has 1 atom stereocenters. The van der Waals surface area contributed by atoms with Crippen LogP contribution in [0.5, 0.6) is 0 Å². The molecule has 0 aliphatic carbocycles. The van der Waals surface area contributed by atoms with E-state index >= 15 is 0 Å². The molecule has 0 rings (SSSR count). The van der Waals surface area contributed by atoms with Crippen LogP contribution in [-0.2, 0) is 4.43 Å². The minimum atomic E-state index is -4.22. The minimum Gasteiger partial charge on any atom is -0.406 e. The summed E-state index contributed by atoms with van der Waals surface area (Å²) in [4.78, 5) is 0. The second-order valence-electron chi connectivity index (χ2n) is 5.46. The second kappa shape index (κ2) is 7.41. The number of alkyl halides is 3. The maximum Gasteiger partial charge on any atom is 0.413 e. The molecule has 0 heterocycles. The molecular weight excluding hydrogens is 245 g/mol. The molecule has 0 fully saturated rings. The minimum absolute atomic E-state index is 0.109. The molecule has 1 nitrogen and oxygen atoms in total. The summed E-state index contributed by atoms with van der Waals surface area (Å²) >= 11 is 0. The van der Waals surface area contributed by atoms with Crippen LogP contribution in [0.4, 0.5) is 13.2 Å². The summed E-state index contributed by atoms with van der Waals surface area (Å²) in [6.07, 6.45) is -0.962. The third kappa shape index (κ3) is 9.65. The van der Waals surface area contributed by atoms with E-state index in [4.69, 9.17) is 4.43 Å². The average Bonchev–Trinajstić information content (AvgIpc) is 2.12. The number of hydrogen-bond donors (Lipinski definition) is 0. The van der Waals surface area contributed by atoms with Crippen molar-refractivity contribution in [2.45, 2.75) is 77.4 Å². The van der Waals surface area contributed by atoms with Gasteiger partial charge in [0.15, 0.2) is 8.32 Å². The first kappa shape index (κ1) is 17.0. The Bertz CT molecular complexity index is 199. The predicted molar refractivity (Wildman–Crippen MR) is 67.7 cm³/mol. The summed E-state index contributed by atoms with van der Waals surface area (Å²) in [5.41, 5.74) is 0. The molecule has 0 radical (unpaired) electrons. The number of halogens is 3. The fraction of sp³-hybridized carbons (Fsp3) is 1.00. The van der Waals surface area contributed by atoms with Gasteiger partial charge in [-0.25, -0.2) is 0 Å². The second-order valence-corrected chi connectivity index (χ2v) is 9.92. The Morgan fingerprint density at radius 1 is 1.00 bits per heavy atom. The van der Waals surface area contributed by atoms with Crippen LogP contribution in [0.25, 0.3) is 0 Å². The summed E-state index contributed by atoms with van der Waals surface area (Å²) in [7, 11) is -2.13. The van der Waals surface area contributed by atoms with Gasteiger partial charge >= 0.3 is 6.18 Å². The fourth-order valence-corrected chi connectivity index (χ4v) is 2.75. The molecule has 0 aromatic carbocycles.